The fourth-order valence-corrected chi connectivity index (χ4v) is 1.70. The molecule has 1 aliphatic carbocycles. The minimum Gasteiger partial charge on any atom is -0.0923 e. The minimum absolute atomic E-state index is 0.694. The van der Waals surface area contributed by atoms with E-state index in [9.17, 15) is 0 Å². The van der Waals surface area contributed by atoms with Crippen LogP contribution in [0.5, 0.6) is 0 Å². The SMILES string of the molecule is CC1=C(C)C(C)C(C)=C1C.[B][B][B]CC. The summed E-state index contributed by atoms with van der Waals surface area (Å²) in [6.45, 7) is 13.2. The Morgan fingerprint density at radius 2 is 1.47 bits per heavy atom. The quantitative estimate of drug-likeness (QED) is 0.597. The molecule has 0 heterocycles. The Hall–Kier alpha value is -0.325. The molecule has 0 N–H and O–H groups in total. The molecule has 0 fully saturated rings. The van der Waals surface area contributed by atoms with Gasteiger partial charge in [-0.2, -0.15) is 0 Å². The second-order valence-corrected chi connectivity index (χ2v) is 4.17. The van der Waals surface area contributed by atoms with Gasteiger partial charge < -0.3 is 0 Å². The van der Waals surface area contributed by atoms with E-state index in [2.05, 4.69) is 34.6 Å². The van der Waals surface area contributed by atoms with Gasteiger partial charge in [0, 0.05) is 14.8 Å². The predicted octanol–water partition coefficient (Wildman–Crippen LogP) is 3.14. The van der Waals surface area contributed by atoms with Gasteiger partial charge in [0.15, 0.2) is 0 Å². The molecular weight excluding hydrogens is 177 g/mol. The van der Waals surface area contributed by atoms with Gasteiger partial charge in [0.1, 0.15) is 0 Å². The van der Waals surface area contributed by atoms with Crippen molar-refractivity contribution in [3.05, 3.63) is 22.3 Å². The summed E-state index contributed by atoms with van der Waals surface area (Å²) in [5.41, 5.74) is 6.11. The van der Waals surface area contributed by atoms with Crippen molar-refractivity contribution in [2.45, 2.75) is 47.9 Å². The van der Waals surface area contributed by atoms with Gasteiger partial charge in [0.2, 0.25) is 0 Å². The van der Waals surface area contributed by atoms with Crippen molar-refractivity contribution < 1.29 is 0 Å². The second-order valence-electron chi connectivity index (χ2n) is 4.17. The average Bonchev–Trinajstić information content (AvgIpc) is 2.39. The molecule has 0 saturated heterocycles. The van der Waals surface area contributed by atoms with Crippen LogP contribution in [-0.4, -0.2) is 22.0 Å². The van der Waals surface area contributed by atoms with E-state index in [0.29, 0.717) is 5.92 Å². The predicted molar refractivity (Wildman–Crippen MR) is 73.7 cm³/mol. The van der Waals surface area contributed by atoms with E-state index in [0.717, 1.165) is 6.32 Å². The first-order chi connectivity index (χ1) is 6.97. The summed E-state index contributed by atoms with van der Waals surface area (Å²) in [5.74, 6) is 0.694. The van der Waals surface area contributed by atoms with E-state index in [1.165, 1.54) is 11.1 Å². The largest absolute Gasteiger partial charge is 0.0923 e. The minimum atomic E-state index is 0.694. The molecule has 0 aliphatic heterocycles. The molecule has 0 aromatic carbocycles. The average molecular weight is 198 g/mol. The first kappa shape index (κ1) is 14.7. The van der Waals surface area contributed by atoms with Gasteiger partial charge in [-0.25, -0.2) is 0 Å². The molecule has 4 radical (unpaired) electrons. The Kier molecular flexibility index (Phi) is 6.88. The lowest BCUT2D eigenvalue weighted by atomic mass is 9.27. The Morgan fingerprint density at radius 1 is 1.07 bits per heavy atom. The fourth-order valence-electron chi connectivity index (χ4n) is 1.70. The maximum atomic E-state index is 4.96. The molecule has 0 amide bonds. The zero-order valence-corrected chi connectivity index (χ0v) is 11.0. The molecule has 1 rings (SSSR count). The molecule has 0 saturated carbocycles. The fraction of sp³-hybridized carbons (Fsp3) is 0.667. The van der Waals surface area contributed by atoms with E-state index in [1.54, 1.807) is 18.2 Å². The first-order valence-corrected chi connectivity index (χ1v) is 5.69. The van der Waals surface area contributed by atoms with Crippen LogP contribution in [0.4, 0.5) is 0 Å². The molecule has 0 aromatic heterocycles. The van der Waals surface area contributed by atoms with Crippen LogP contribution in [0.15, 0.2) is 22.3 Å². The van der Waals surface area contributed by atoms with Crippen LogP contribution in [0.3, 0.4) is 0 Å². The van der Waals surface area contributed by atoms with Crippen LogP contribution in [0.1, 0.15) is 41.5 Å². The lowest BCUT2D eigenvalue weighted by molar-refractivity contribution is 0.815. The molecule has 1 aliphatic rings. The third-order valence-electron chi connectivity index (χ3n) is 3.42. The summed E-state index contributed by atoms with van der Waals surface area (Å²) < 4.78 is 0. The summed E-state index contributed by atoms with van der Waals surface area (Å²) in [7, 11) is 8.42. The highest BCUT2D eigenvalue weighted by Gasteiger charge is 2.19. The van der Waals surface area contributed by atoms with E-state index >= 15 is 0 Å². The van der Waals surface area contributed by atoms with Crippen LogP contribution < -0.4 is 0 Å². The summed E-state index contributed by atoms with van der Waals surface area (Å²) in [6, 6.07) is 0. The summed E-state index contributed by atoms with van der Waals surface area (Å²) >= 11 is 0. The Bertz CT molecular complexity index is 238. The Balaban J connectivity index is 0.000000336. The first-order valence-electron chi connectivity index (χ1n) is 5.69. The zero-order valence-electron chi connectivity index (χ0n) is 11.0. The maximum absolute atomic E-state index is 4.96. The maximum Gasteiger partial charge on any atom is 0.0541 e. The third-order valence-corrected chi connectivity index (χ3v) is 3.42. The van der Waals surface area contributed by atoms with Gasteiger partial charge in [-0.05, 0) is 44.8 Å². The zero-order chi connectivity index (χ0) is 12.0. The van der Waals surface area contributed by atoms with Crippen molar-refractivity contribution >= 4 is 22.0 Å². The van der Waals surface area contributed by atoms with Crippen LogP contribution in [0.2, 0.25) is 6.32 Å². The van der Waals surface area contributed by atoms with Crippen molar-refractivity contribution in [3.63, 3.8) is 0 Å². The molecule has 0 aromatic rings. The second kappa shape index (κ2) is 7.03. The topological polar surface area (TPSA) is 0 Å². The van der Waals surface area contributed by atoms with E-state index in [-0.39, 0.29) is 0 Å². The molecule has 15 heavy (non-hydrogen) atoms. The van der Waals surface area contributed by atoms with Crippen LogP contribution in [0.25, 0.3) is 0 Å². The van der Waals surface area contributed by atoms with Gasteiger partial charge in [-0.1, -0.05) is 31.3 Å². The normalized spacial score (nSPS) is 16.4. The smallest absolute Gasteiger partial charge is 0.0541 e. The van der Waals surface area contributed by atoms with Crippen LogP contribution in [0, 0.1) is 5.92 Å². The molecule has 0 unspecified atom stereocenters. The van der Waals surface area contributed by atoms with Crippen LogP contribution >= 0.6 is 0 Å². The van der Waals surface area contributed by atoms with Gasteiger partial charge >= 0.3 is 0 Å². The van der Waals surface area contributed by atoms with Crippen LogP contribution in [-0.2, 0) is 0 Å². The van der Waals surface area contributed by atoms with E-state index in [1.807, 2.05) is 14.1 Å². The lowest BCUT2D eigenvalue weighted by Gasteiger charge is -2.05. The van der Waals surface area contributed by atoms with E-state index in [4.69, 9.17) is 7.74 Å². The highest BCUT2D eigenvalue weighted by atomic mass is 14.2. The lowest BCUT2D eigenvalue weighted by Crippen LogP contribution is -1.98. The number of hydrogen-bond acceptors (Lipinski definition) is 0. The van der Waals surface area contributed by atoms with Gasteiger partial charge in [0.25, 0.3) is 0 Å². The number of hydrogen-bond donors (Lipinski definition) is 0. The van der Waals surface area contributed by atoms with Crippen molar-refractivity contribution in [1.82, 2.24) is 0 Å². The molecule has 0 atom stereocenters. The Labute approximate surface area is 98.5 Å². The summed E-state index contributed by atoms with van der Waals surface area (Å²) in [4.78, 5) is 0. The highest BCUT2D eigenvalue weighted by Crippen LogP contribution is 2.35. The van der Waals surface area contributed by atoms with Crippen molar-refractivity contribution in [3.8, 4) is 0 Å². The molecule has 78 valence electrons. The van der Waals surface area contributed by atoms with Crippen molar-refractivity contribution in [1.29, 1.82) is 0 Å². The molecule has 0 nitrogen and oxygen atoms in total. The Morgan fingerprint density at radius 3 is 1.53 bits per heavy atom. The number of rotatable bonds is 2. The highest BCUT2D eigenvalue weighted by molar-refractivity contribution is 7.23. The standard InChI is InChI=1S/C10H16.C2H5B3/c1-6-7(2)9(4)10(5)8(6)3;1-2-4-5-3/h6H,1-5H3;2H2,1H3. The summed E-state index contributed by atoms with van der Waals surface area (Å²) in [6.07, 6.45) is 1.04. The monoisotopic (exact) mass is 198 g/mol. The molecule has 0 spiro atoms. The molecule has 3 heteroatoms. The van der Waals surface area contributed by atoms with Gasteiger partial charge in [0.05, 0.1) is 7.17 Å². The van der Waals surface area contributed by atoms with Gasteiger partial charge in [-0.15, -0.1) is 0 Å². The molecular formula is C12H21B3. The van der Waals surface area contributed by atoms with Gasteiger partial charge in [-0.3, -0.25) is 0 Å². The van der Waals surface area contributed by atoms with E-state index < -0.39 is 0 Å². The van der Waals surface area contributed by atoms with Crippen molar-refractivity contribution in [2.75, 3.05) is 0 Å². The summed E-state index contributed by atoms with van der Waals surface area (Å²) in [5, 5.41) is 0. The molecule has 0 bridgehead atoms. The van der Waals surface area contributed by atoms with Crippen molar-refractivity contribution in [2.24, 2.45) is 5.92 Å². The number of allylic oxidation sites excluding steroid dienone is 4. The third kappa shape index (κ3) is 3.97.